The minimum Gasteiger partial charge on any atom is -0.494 e. The zero-order chi connectivity index (χ0) is 24.5. The molecule has 1 aromatic carbocycles. The average Bonchev–Trinajstić information content (AvgIpc) is 3.41. The SMILES string of the molecule is COc1cc(OCCN(C)C)c(N)cc1Nc1nccc(-c2c3c(n4c2CCC4)CC(C)C=C3)n1. The van der Waals surface area contributed by atoms with E-state index in [9.17, 15) is 0 Å². The molecule has 1 aliphatic carbocycles. The van der Waals surface area contributed by atoms with Gasteiger partial charge in [0.05, 0.1) is 24.2 Å². The van der Waals surface area contributed by atoms with Gasteiger partial charge in [0, 0.05) is 47.9 Å². The van der Waals surface area contributed by atoms with Crippen molar-refractivity contribution < 1.29 is 9.47 Å². The van der Waals surface area contributed by atoms with Crippen molar-refractivity contribution in [3.05, 3.63) is 47.4 Å². The van der Waals surface area contributed by atoms with E-state index in [0.717, 1.165) is 31.6 Å². The molecule has 0 saturated carbocycles. The van der Waals surface area contributed by atoms with Crippen LogP contribution in [0.5, 0.6) is 11.5 Å². The number of benzene rings is 1. The van der Waals surface area contributed by atoms with Crippen molar-refractivity contribution in [2.45, 2.75) is 32.7 Å². The molecule has 0 spiro atoms. The Morgan fingerprint density at radius 1 is 1.23 bits per heavy atom. The Morgan fingerprint density at radius 2 is 2.09 bits per heavy atom. The first-order chi connectivity index (χ1) is 16.9. The zero-order valence-electron chi connectivity index (χ0n) is 21.0. The Bertz CT molecular complexity index is 1260. The van der Waals surface area contributed by atoms with Gasteiger partial charge in [0.2, 0.25) is 5.95 Å². The zero-order valence-corrected chi connectivity index (χ0v) is 21.0. The molecule has 1 atom stereocenters. The number of nitrogens with two attached hydrogens (primary N) is 1. The summed E-state index contributed by atoms with van der Waals surface area (Å²) in [5.41, 5.74) is 13.8. The van der Waals surface area contributed by atoms with Crippen LogP contribution in [-0.2, 0) is 19.4 Å². The second kappa shape index (κ2) is 9.62. The maximum atomic E-state index is 6.29. The van der Waals surface area contributed by atoms with E-state index in [2.05, 4.69) is 38.8 Å². The van der Waals surface area contributed by atoms with Gasteiger partial charge in [0.25, 0.3) is 0 Å². The highest BCUT2D eigenvalue weighted by Gasteiger charge is 2.28. The summed E-state index contributed by atoms with van der Waals surface area (Å²) in [6, 6.07) is 5.61. The fraction of sp³-hybridized carbons (Fsp3) is 0.407. The van der Waals surface area contributed by atoms with Gasteiger partial charge in [-0.25, -0.2) is 9.97 Å². The summed E-state index contributed by atoms with van der Waals surface area (Å²) in [4.78, 5) is 11.4. The number of ether oxygens (including phenoxy) is 2. The number of fused-ring (bicyclic) bond motifs is 3. The molecule has 0 fully saturated rings. The van der Waals surface area contributed by atoms with E-state index in [1.807, 2.05) is 26.2 Å². The number of likely N-dealkylation sites (N-methyl/N-ethyl adjacent to an activating group) is 1. The molecule has 8 nitrogen and oxygen atoms in total. The van der Waals surface area contributed by atoms with E-state index in [1.54, 1.807) is 19.4 Å². The van der Waals surface area contributed by atoms with Crippen molar-refractivity contribution in [1.82, 2.24) is 19.4 Å². The molecule has 0 radical (unpaired) electrons. The van der Waals surface area contributed by atoms with Crippen LogP contribution < -0.4 is 20.5 Å². The Kier molecular flexibility index (Phi) is 6.38. The van der Waals surface area contributed by atoms with Gasteiger partial charge in [-0.15, -0.1) is 0 Å². The van der Waals surface area contributed by atoms with Crippen molar-refractivity contribution in [3.8, 4) is 22.8 Å². The summed E-state index contributed by atoms with van der Waals surface area (Å²) in [5, 5.41) is 3.31. The second-order valence-corrected chi connectivity index (χ2v) is 9.61. The molecule has 0 amide bonds. The van der Waals surface area contributed by atoms with E-state index in [-0.39, 0.29) is 0 Å². The van der Waals surface area contributed by atoms with Crippen LogP contribution in [0.4, 0.5) is 17.3 Å². The molecule has 0 bridgehead atoms. The smallest absolute Gasteiger partial charge is 0.227 e. The van der Waals surface area contributed by atoms with Crippen molar-refractivity contribution in [2.24, 2.45) is 5.92 Å². The molecule has 3 N–H and O–H groups in total. The lowest BCUT2D eigenvalue weighted by atomic mass is 9.92. The van der Waals surface area contributed by atoms with E-state index in [4.69, 9.17) is 20.2 Å². The van der Waals surface area contributed by atoms with Crippen LogP contribution in [0.3, 0.4) is 0 Å². The first-order valence-electron chi connectivity index (χ1n) is 12.2. The van der Waals surface area contributed by atoms with Crippen LogP contribution in [0.15, 0.2) is 30.5 Å². The van der Waals surface area contributed by atoms with Gasteiger partial charge in [-0.1, -0.05) is 19.1 Å². The lowest BCUT2D eigenvalue weighted by molar-refractivity contribution is 0.261. The third-order valence-corrected chi connectivity index (χ3v) is 6.71. The van der Waals surface area contributed by atoms with Gasteiger partial charge in [-0.2, -0.15) is 0 Å². The molecule has 2 aliphatic rings. The molecule has 0 saturated heterocycles. The lowest BCUT2D eigenvalue weighted by Crippen LogP contribution is -2.19. The fourth-order valence-electron chi connectivity index (χ4n) is 4.98. The molecule has 8 heteroatoms. The number of anilines is 3. The number of hydrogen-bond acceptors (Lipinski definition) is 7. The van der Waals surface area contributed by atoms with E-state index in [0.29, 0.717) is 41.3 Å². The summed E-state index contributed by atoms with van der Waals surface area (Å²) in [6.45, 7) is 4.70. The molecule has 3 heterocycles. The molecular formula is C27H34N6O2. The normalized spacial score (nSPS) is 16.3. The highest BCUT2D eigenvalue weighted by molar-refractivity contribution is 5.80. The number of nitrogen functional groups attached to an aromatic ring is 1. The number of rotatable bonds is 8. The average molecular weight is 475 g/mol. The Labute approximate surface area is 206 Å². The molecular weight excluding hydrogens is 440 g/mol. The van der Waals surface area contributed by atoms with Crippen molar-refractivity contribution in [3.63, 3.8) is 0 Å². The van der Waals surface area contributed by atoms with Crippen LogP contribution in [0.25, 0.3) is 17.3 Å². The van der Waals surface area contributed by atoms with Gasteiger partial charge in [0.1, 0.15) is 18.1 Å². The predicted octanol–water partition coefficient (Wildman–Crippen LogP) is 4.37. The monoisotopic (exact) mass is 474 g/mol. The molecule has 1 aliphatic heterocycles. The molecule has 184 valence electrons. The Morgan fingerprint density at radius 3 is 2.89 bits per heavy atom. The van der Waals surface area contributed by atoms with Crippen LogP contribution >= 0.6 is 0 Å². The van der Waals surface area contributed by atoms with Crippen molar-refractivity contribution in [1.29, 1.82) is 0 Å². The number of hydrogen-bond donors (Lipinski definition) is 2. The molecule has 3 aromatic rings. The summed E-state index contributed by atoms with van der Waals surface area (Å²) < 4.78 is 14.0. The van der Waals surface area contributed by atoms with E-state index < -0.39 is 0 Å². The number of nitrogens with zero attached hydrogens (tertiary/aromatic N) is 4. The number of aromatic nitrogens is 3. The predicted molar refractivity (Wildman–Crippen MR) is 140 cm³/mol. The highest BCUT2D eigenvalue weighted by Crippen LogP contribution is 2.41. The highest BCUT2D eigenvalue weighted by atomic mass is 16.5. The summed E-state index contributed by atoms with van der Waals surface area (Å²) >= 11 is 0. The number of allylic oxidation sites excluding steroid dienone is 1. The minimum absolute atomic E-state index is 0.501. The first-order valence-corrected chi connectivity index (χ1v) is 12.2. The van der Waals surface area contributed by atoms with Crippen LogP contribution in [0, 0.1) is 5.92 Å². The first kappa shape index (κ1) is 23.2. The van der Waals surface area contributed by atoms with Gasteiger partial charge in [-0.05, 0) is 51.4 Å². The Hall–Kier alpha value is -3.52. The summed E-state index contributed by atoms with van der Waals surface area (Å²) in [6.07, 6.45) is 9.73. The van der Waals surface area contributed by atoms with Crippen molar-refractivity contribution in [2.75, 3.05) is 45.4 Å². The topological polar surface area (TPSA) is 90.5 Å². The van der Waals surface area contributed by atoms with E-state index >= 15 is 0 Å². The fourth-order valence-corrected chi connectivity index (χ4v) is 4.98. The Balaban J connectivity index is 1.44. The van der Waals surface area contributed by atoms with Gasteiger partial charge in [-0.3, -0.25) is 0 Å². The maximum absolute atomic E-state index is 6.29. The van der Waals surface area contributed by atoms with Gasteiger partial charge >= 0.3 is 0 Å². The standard InChI is InChI=1S/C27H34N6O2/c1-17-7-8-18-23(14-17)33-11-5-6-22(33)26(18)20-9-10-29-27(30-20)31-21-15-19(28)24(16-25(21)34-4)35-13-12-32(2)3/h7-10,15-17H,5-6,11-14,28H2,1-4H3,(H,29,30,31). The van der Waals surface area contributed by atoms with Crippen LogP contribution in [0.1, 0.15) is 30.3 Å². The molecule has 1 unspecified atom stereocenters. The van der Waals surface area contributed by atoms with Crippen LogP contribution in [-0.4, -0.2) is 53.8 Å². The summed E-state index contributed by atoms with van der Waals surface area (Å²) in [5.74, 6) is 2.28. The third-order valence-electron chi connectivity index (χ3n) is 6.71. The van der Waals surface area contributed by atoms with Gasteiger partial charge < -0.3 is 30.0 Å². The molecule has 35 heavy (non-hydrogen) atoms. The van der Waals surface area contributed by atoms with Gasteiger partial charge in [0.15, 0.2) is 0 Å². The lowest BCUT2D eigenvalue weighted by Gasteiger charge is -2.17. The van der Waals surface area contributed by atoms with Crippen molar-refractivity contribution >= 4 is 23.4 Å². The number of methoxy groups -OCH3 is 1. The van der Waals surface area contributed by atoms with E-state index in [1.165, 1.54) is 28.9 Å². The maximum Gasteiger partial charge on any atom is 0.227 e. The second-order valence-electron chi connectivity index (χ2n) is 9.61. The van der Waals surface area contributed by atoms with Crippen LogP contribution in [0.2, 0.25) is 0 Å². The summed E-state index contributed by atoms with van der Waals surface area (Å²) in [7, 11) is 5.63. The molecule has 5 rings (SSSR count). The number of nitrogens with one attached hydrogen (secondary N) is 1. The quantitative estimate of drug-likeness (QED) is 0.469. The molecule has 2 aromatic heterocycles. The largest absolute Gasteiger partial charge is 0.494 e. The minimum atomic E-state index is 0.501. The third kappa shape index (κ3) is 4.58.